The van der Waals surface area contributed by atoms with Gasteiger partial charge in [-0.2, -0.15) is 0 Å². The minimum absolute atomic E-state index is 0.230. The Morgan fingerprint density at radius 2 is 1.87 bits per heavy atom. The molecular formula is C17H15Cl2NO3. The van der Waals surface area contributed by atoms with E-state index in [-0.39, 0.29) is 5.78 Å². The van der Waals surface area contributed by atoms with Crippen LogP contribution in [0.15, 0.2) is 48.7 Å². The van der Waals surface area contributed by atoms with E-state index in [1.807, 2.05) is 0 Å². The summed E-state index contributed by atoms with van der Waals surface area (Å²) in [6, 6.07) is 10.1. The van der Waals surface area contributed by atoms with E-state index in [1.54, 1.807) is 44.6 Å². The molecule has 0 radical (unpaired) electrons. The Morgan fingerprint density at radius 3 is 2.52 bits per heavy atom. The summed E-state index contributed by atoms with van der Waals surface area (Å²) >= 11 is 11.8. The lowest BCUT2D eigenvalue weighted by Crippen LogP contribution is -1.98. The van der Waals surface area contributed by atoms with Crippen LogP contribution in [-0.2, 0) is 0 Å². The Hall–Kier alpha value is -2.17. The molecule has 0 bridgehead atoms. The van der Waals surface area contributed by atoms with Crippen LogP contribution >= 0.6 is 23.2 Å². The molecule has 0 saturated heterocycles. The van der Waals surface area contributed by atoms with E-state index in [0.717, 1.165) is 0 Å². The SMILES string of the molecule is COc1ccc(NC=CC(=O)c2ccc(Cl)cc2Cl)c(OC)c1. The Bertz CT molecular complexity index is 745. The van der Waals surface area contributed by atoms with Crippen LogP contribution in [0.2, 0.25) is 10.0 Å². The van der Waals surface area contributed by atoms with Crippen LogP contribution in [0.5, 0.6) is 11.5 Å². The lowest BCUT2D eigenvalue weighted by molar-refractivity contribution is 0.104. The number of hydrogen-bond donors (Lipinski definition) is 1. The maximum atomic E-state index is 12.1. The molecule has 0 unspecified atom stereocenters. The van der Waals surface area contributed by atoms with Gasteiger partial charge in [0.05, 0.1) is 24.9 Å². The molecule has 0 aliphatic carbocycles. The van der Waals surface area contributed by atoms with Gasteiger partial charge in [-0.15, -0.1) is 0 Å². The second-order valence-electron chi connectivity index (χ2n) is 4.53. The monoisotopic (exact) mass is 351 g/mol. The third kappa shape index (κ3) is 4.41. The first-order chi connectivity index (χ1) is 11.0. The first kappa shape index (κ1) is 17.2. The van der Waals surface area contributed by atoms with E-state index >= 15 is 0 Å². The van der Waals surface area contributed by atoms with Crippen molar-refractivity contribution in [3.63, 3.8) is 0 Å². The number of nitrogens with one attached hydrogen (secondary N) is 1. The molecule has 0 atom stereocenters. The van der Waals surface area contributed by atoms with Gasteiger partial charge in [-0.3, -0.25) is 4.79 Å². The highest BCUT2D eigenvalue weighted by Crippen LogP contribution is 2.29. The van der Waals surface area contributed by atoms with E-state index in [2.05, 4.69) is 5.32 Å². The average Bonchev–Trinajstić information content (AvgIpc) is 2.54. The number of hydrogen-bond acceptors (Lipinski definition) is 4. The lowest BCUT2D eigenvalue weighted by atomic mass is 10.1. The van der Waals surface area contributed by atoms with Crippen molar-refractivity contribution < 1.29 is 14.3 Å². The first-order valence-electron chi connectivity index (χ1n) is 6.69. The molecule has 0 aliphatic heterocycles. The molecule has 1 N–H and O–H groups in total. The molecule has 0 heterocycles. The molecule has 23 heavy (non-hydrogen) atoms. The van der Waals surface area contributed by atoms with Crippen LogP contribution < -0.4 is 14.8 Å². The van der Waals surface area contributed by atoms with Gasteiger partial charge in [0.2, 0.25) is 0 Å². The third-order valence-corrected chi connectivity index (χ3v) is 3.63. The molecule has 0 fully saturated rings. The van der Waals surface area contributed by atoms with Crippen molar-refractivity contribution in [3.8, 4) is 11.5 Å². The van der Waals surface area contributed by atoms with Gasteiger partial charge in [0.1, 0.15) is 11.5 Å². The van der Waals surface area contributed by atoms with Crippen LogP contribution in [0.3, 0.4) is 0 Å². The lowest BCUT2D eigenvalue weighted by Gasteiger charge is -2.09. The Kier molecular flexibility index (Phi) is 5.90. The quantitative estimate of drug-likeness (QED) is 0.598. The highest BCUT2D eigenvalue weighted by atomic mass is 35.5. The molecule has 0 aromatic heterocycles. The number of carbonyl (C=O) groups is 1. The molecule has 0 spiro atoms. The number of halogens is 2. The molecule has 0 amide bonds. The molecule has 0 saturated carbocycles. The van der Waals surface area contributed by atoms with Crippen molar-refractivity contribution >= 4 is 34.7 Å². The standard InChI is InChI=1S/C17H15Cl2NO3/c1-22-12-4-6-15(17(10-12)23-2)20-8-7-16(21)13-5-3-11(18)9-14(13)19/h3-10,20H,1-2H3. The van der Waals surface area contributed by atoms with Gasteiger partial charge in [-0.25, -0.2) is 0 Å². The molecule has 6 heteroatoms. The zero-order valence-corrected chi connectivity index (χ0v) is 14.1. The fourth-order valence-electron chi connectivity index (χ4n) is 1.90. The summed E-state index contributed by atoms with van der Waals surface area (Å²) in [7, 11) is 3.14. The summed E-state index contributed by atoms with van der Waals surface area (Å²) in [5.74, 6) is 1.05. The van der Waals surface area contributed by atoms with Crippen LogP contribution in [0.4, 0.5) is 5.69 Å². The number of carbonyl (C=O) groups excluding carboxylic acids is 1. The van der Waals surface area contributed by atoms with E-state index in [4.69, 9.17) is 32.7 Å². The van der Waals surface area contributed by atoms with Crippen LogP contribution in [0.1, 0.15) is 10.4 Å². The highest BCUT2D eigenvalue weighted by Gasteiger charge is 2.08. The van der Waals surface area contributed by atoms with Crippen molar-refractivity contribution in [2.45, 2.75) is 0 Å². The predicted octanol–water partition coefficient (Wildman–Crippen LogP) is 4.82. The third-order valence-electron chi connectivity index (χ3n) is 3.08. The average molecular weight is 352 g/mol. The van der Waals surface area contributed by atoms with E-state index < -0.39 is 0 Å². The molecule has 120 valence electrons. The van der Waals surface area contributed by atoms with Crippen LogP contribution in [-0.4, -0.2) is 20.0 Å². The molecule has 2 aromatic carbocycles. The summed E-state index contributed by atoms with van der Waals surface area (Å²) in [5.41, 5.74) is 1.09. The zero-order chi connectivity index (χ0) is 16.8. The summed E-state index contributed by atoms with van der Waals surface area (Å²) in [4.78, 5) is 12.1. The largest absolute Gasteiger partial charge is 0.497 e. The Labute approximate surface area is 144 Å². The summed E-state index contributed by atoms with van der Waals surface area (Å²) in [5, 5.41) is 3.79. The molecular weight excluding hydrogens is 337 g/mol. The molecule has 2 aromatic rings. The Morgan fingerprint density at radius 1 is 1.09 bits per heavy atom. The molecule has 0 aliphatic rings. The zero-order valence-electron chi connectivity index (χ0n) is 12.6. The number of benzene rings is 2. The fraction of sp³-hybridized carbons (Fsp3) is 0.118. The summed E-state index contributed by atoms with van der Waals surface area (Å²) in [6.45, 7) is 0. The Balaban J connectivity index is 2.11. The molecule has 2 rings (SSSR count). The van der Waals surface area contributed by atoms with E-state index in [9.17, 15) is 4.79 Å². The van der Waals surface area contributed by atoms with Gasteiger partial charge in [0.25, 0.3) is 0 Å². The number of ketones is 1. The minimum Gasteiger partial charge on any atom is -0.497 e. The number of anilines is 1. The minimum atomic E-state index is -0.230. The second kappa shape index (κ2) is 7.90. The maximum absolute atomic E-state index is 12.1. The van der Waals surface area contributed by atoms with Gasteiger partial charge in [0.15, 0.2) is 5.78 Å². The normalized spacial score (nSPS) is 10.6. The number of rotatable bonds is 6. The van der Waals surface area contributed by atoms with Crippen molar-refractivity contribution in [2.24, 2.45) is 0 Å². The van der Waals surface area contributed by atoms with Gasteiger partial charge in [-0.1, -0.05) is 23.2 Å². The van der Waals surface area contributed by atoms with Crippen LogP contribution in [0, 0.1) is 0 Å². The number of ether oxygens (including phenoxy) is 2. The van der Waals surface area contributed by atoms with Crippen LogP contribution in [0.25, 0.3) is 0 Å². The van der Waals surface area contributed by atoms with E-state index in [0.29, 0.717) is 32.8 Å². The smallest absolute Gasteiger partial charge is 0.188 e. The van der Waals surface area contributed by atoms with Crippen molar-refractivity contribution in [1.29, 1.82) is 0 Å². The van der Waals surface area contributed by atoms with Gasteiger partial charge in [0, 0.05) is 28.9 Å². The van der Waals surface area contributed by atoms with E-state index in [1.165, 1.54) is 18.3 Å². The van der Waals surface area contributed by atoms with Gasteiger partial charge in [-0.05, 0) is 30.3 Å². The number of methoxy groups -OCH3 is 2. The maximum Gasteiger partial charge on any atom is 0.188 e. The van der Waals surface area contributed by atoms with Gasteiger partial charge >= 0.3 is 0 Å². The number of allylic oxidation sites excluding steroid dienone is 1. The van der Waals surface area contributed by atoms with Crippen molar-refractivity contribution in [1.82, 2.24) is 0 Å². The highest BCUT2D eigenvalue weighted by molar-refractivity contribution is 6.37. The van der Waals surface area contributed by atoms with Crippen molar-refractivity contribution in [3.05, 3.63) is 64.3 Å². The first-order valence-corrected chi connectivity index (χ1v) is 7.45. The summed E-state index contributed by atoms with van der Waals surface area (Å²) in [6.07, 6.45) is 2.91. The van der Waals surface area contributed by atoms with Crippen molar-refractivity contribution in [2.75, 3.05) is 19.5 Å². The summed E-state index contributed by atoms with van der Waals surface area (Å²) < 4.78 is 10.4. The van der Waals surface area contributed by atoms with Gasteiger partial charge < -0.3 is 14.8 Å². The fourth-order valence-corrected chi connectivity index (χ4v) is 2.41. The topological polar surface area (TPSA) is 47.6 Å². The second-order valence-corrected chi connectivity index (χ2v) is 5.38. The molecule has 4 nitrogen and oxygen atoms in total. The predicted molar refractivity (Wildman–Crippen MR) is 93.1 cm³/mol.